The van der Waals surface area contributed by atoms with E-state index in [4.69, 9.17) is 32.4 Å². The molecule has 0 aliphatic carbocycles. The number of morpholine rings is 1. The molecule has 2 aromatic carbocycles. The Bertz CT molecular complexity index is 1080. The summed E-state index contributed by atoms with van der Waals surface area (Å²) in [7, 11) is 0. The van der Waals surface area contributed by atoms with Crippen LogP contribution in [-0.2, 0) is 11.3 Å². The number of hydrogen-bond donors (Lipinski definition) is 1. The summed E-state index contributed by atoms with van der Waals surface area (Å²) in [5.74, 6) is 0. The zero-order valence-corrected chi connectivity index (χ0v) is 16.9. The lowest BCUT2D eigenvalue weighted by atomic mass is 10.1. The number of ether oxygens (including phenoxy) is 1. The highest BCUT2D eigenvalue weighted by atomic mass is 35.5. The number of anilines is 2. The molecule has 5 nitrogen and oxygen atoms in total. The van der Waals surface area contributed by atoms with Crippen molar-refractivity contribution in [3.8, 4) is 0 Å². The highest BCUT2D eigenvalue weighted by molar-refractivity contribution is 6.32. The van der Waals surface area contributed by atoms with Crippen molar-refractivity contribution in [2.75, 3.05) is 36.5 Å². The summed E-state index contributed by atoms with van der Waals surface area (Å²) < 4.78 is 10.8. The number of fused-ring (bicyclic) bond motifs is 1. The molecule has 0 atom stereocenters. The van der Waals surface area contributed by atoms with Crippen LogP contribution in [0.1, 0.15) is 11.1 Å². The van der Waals surface area contributed by atoms with Crippen LogP contribution in [0.3, 0.4) is 0 Å². The Morgan fingerprint density at radius 1 is 1.11 bits per heavy atom. The van der Waals surface area contributed by atoms with Crippen LogP contribution < -0.4 is 15.8 Å². The Balaban J connectivity index is 1.67. The Morgan fingerprint density at radius 2 is 1.89 bits per heavy atom. The summed E-state index contributed by atoms with van der Waals surface area (Å²) in [5, 5.41) is 5.53. The highest BCUT2D eigenvalue weighted by Gasteiger charge is 2.16. The molecule has 0 spiro atoms. The molecule has 2 heterocycles. The van der Waals surface area contributed by atoms with Gasteiger partial charge in [-0.15, -0.1) is 0 Å². The van der Waals surface area contributed by atoms with Gasteiger partial charge in [-0.1, -0.05) is 23.2 Å². The third kappa shape index (κ3) is 3.97. The van der Waals surface area contributed by atoms with Crippen molar-refractivity contribution >= 4 is 45.5 Å². The van der Waals surface area contributed by atoms with Gasteiger partial charge in [0.15, 0.2) is 0 Å². The van der Waals surface area contributed by atoms with Crippen LogP contribution in [-0.4, -0.2) is 26.3 Å². The first-order valence-electron chi connectivity index (χ1n) is 9.10. The predicted molar refractivity (Wildman–Crippen MR) is 114 cm³/mol. The van der Waals surface area contributed by atoms with Crippen LogP contribution in [0.2, 0.25) is 10.0 Å². The topological polar surface area (TPSA) is 54.7 Å². The molecule has 0 bridgehead atoms. The quantitative estimate of drug-likeness (QED) is 0.613. The third-order valence-corrected chi connectivity index (χ3v) is 5.53. The molecule has 1 aliphatic heterocycles. The van der Waals surface area contributed by atoms with Gasteiger partial charge in [0.05, 0.1) is 24.6 Å². The monoisotopic (exact) mass is 418 g/mol. The standard InChI is InChI=1S/C21H20Cl2N2O3/c1-13-8-20-16(11-17(13)23)14(9-21(26)28-20)12-24-18-10-15(22)2-3-19(18)25-4-6-27-7-5-25/h2-3,8-11,24H,4-7,12H2,1H3. The van der Waals surface area contributed by atoms with Crippen LogP contribution in [0.25, 0.3) is 11.0 Å². The molecule has 1 aromatic heterocycles. The number of nitrogens with one attached hydrogen (secondary N) is 1. The van der Waals surface area contributed by atoms with E-state index >= 15 is 0 Å². The second-order valence-electron chi connectivity index (χ2n) is 6.80. The number of nitrogens with zero attached hydrogens (tertiary/aromatic N) is 1. The summed E-state index contributed by atoms with van der Waals surface area (Å²) in [5.41, 5.74) is 3.81. The predicted octanol–water partition coefficient (Wildman–Crippen LogP) is 4.86. The van der Waals surface area contributed by atoms with E-state index in [1.165, 1.54) is 6.07 Å². The van der Waals surface area contributed by atoms with Crippen molar-refractivity contribution in [3.05, 3.63) is 68.0 Å². The van der Waals surface area contributed by atoms with E-state index in [1.54, 1.807) is 6.07 Å². The van der Waals surface area contributed by atoms with Gasteiger partial charge in [-0.3, -0.25) is 0 Å². The minimum Gasteiger partial charge on any atom is -0.423 e. The maximum absolute atomic E-state index is 12.0. The number of hydrogen-bond acceptors (Lipinski definition) is 5. The molecule has 146 valence electrons. The van der Waals surface area contributed by atoms with Crippen molar-refractivity contribution in [1.82, 2.24) is 0 Å². The van der Waals surface area contributed by atoms with Crippen LogP contribution >= 0.6 is 23.2 Å². The van der Waals surface area contributed by atoms with Crippen molar-refractivity contribution in [2.45, 2.75) is 13.5 Å². The Kier molecular flexibility index (Phi) is 5.49. The van der Waals surface area contributed by atoms with Gasteiger partial charge in [-0.05, 0) is 48.4 Å². The summed E-state index contributed by atoms with van der Waals surface area (Å²) in [6, 6.07) is 10.9. The Morgan fingerprint density at radius 3 is 2.68 bits per heavy atom. The van der Waals surface area contributed by atoms with Crippen LogP contribution in [0.5, 0.6) is 0 Å². The van der Waals surface area contributed by atoms with Gasteiger partial charge in [0.2, 0.25) is 0 Å². The lowest BCUT2D eigenvalue weighted by Gasteiger charge is -2.31. The van der Waals surface area contributed by atoms with E-state index in [0.717, 1.165) is 41.0 Å². The summed E-state index contributed by atoms with van der Waals surface area (Å²) in [4.78, 5) is 14.3. The van der Waals surface area contributed by atoms with Crippen LogP contribution in [0.4, 0.5) is 11.4 Å². The summed E-state index contributed by atoms with van der Waals surface area (Å²) in [6.45, 7) is 5.37. The minimum atomic E-state index is -0.384. The van der Waals surface area contributed by atoms with E-state index in [0.29, 0.717) is 35.4 Å². The van der Waals surface area contributed by atoms with E-state index in [2.05, 4.69) is 10.2 Å². The Hall–Kier alpha value is -2.21. The number of aryl methyl sites for hydroxylation is 1. The molecule has 7 heteroatoms. The first-order valence-corrected chi connectivity index (χ1v) is 9.86. The molecule has 0 amide bonds. The molecular weight excluding hydrogens is 399 g/mol. The molecule has 1 aliphatic rings. The fourth-order valence-corrected chi connectivity index (χ4v) is 3.75. The lowest BCUT2D eigenvalue weighted by Crippen LogP contribution is -2.36. The SMILES string of the molecule is Cc1cc2oc(=O)cc(CNc3cc(Cl)ccc3N3CCOCC3)c2cc1Cl. The summed E-state index contributed by atoms with van der Waals surface area (Å²) >= 11 is 12.5. The normalized spacial score (nSPS) is 14.5. The highest BCUT2D eigenvalue weighted by Crippen LogP contribution is 2.31. The molecule has 4 rings (SSSR count). The van der Waals surface area contributed by atoms with Crippen molar-refractivity contribution < 1.29 is 9.15 Å². The lowest BCUT2D eigenvalue weighted by molar-refractivity contribution is 0.123. The molecule has 28 heavy (non-hydrogen) atoms. The molecule has 3 aromatic rings. The van der Waals surface area contributed by atoms with E-state index < -0.39 is 0 Å². The van der Waals surface area contributed by atoms with Gasteiger partial charge >= 0.3 is 5.63 Å². The second kappa shape index (κ2) is 8.03. The van der Waals surface area contributed by atoms with Crippen LogP contribution in [0, 0.1) is 6.92 Å². The van der Waals surface area contributed by atoms with Crippen LogP contribution in [0.15, 0.2) is 45.6 Å². The third-order valence-electron chi connectivity index (χ3n) is 4.89. The average molecular weight is 419 g/mol. The molecule has 0 radical (unpaired) electrons. The largest absolute Gasteiger partial charge is 0.423 e. The number of benzene rings is 2. The first kappa shape index (κ1) is 19.1. The van der Waals surface area contributed by atoms with Gasteiger partial charge in [-0.25, -0.2) is 4.79 Å². The van der Waals surface area contributed by atoms with E-state index in [-0.39, 0.29) is 5.63 Å². The molecule has 1 saturated heterocycles. The van der Waals surface area contributed by atoms with Gasteiger partial charge in [0.25, 0.3) is 0 Å². The Labute approximate surface area is 172 Å². The smallest absolute Gasteiger partial charge is 0.336 e. The van der Waals surface area contributed by atoms with E-state index in [1.807, 2.05) is 31.2 Å². The maximum atomic E-state index is 12.0. The van der Waals surface area contributed by atoms with Gasteiger partial charge in [0, 0.05) is 41.1 Å². The average Bonchev–Trinajstić information content (AvgIpc) is 2.68. The summed E-state index contributed by atoms with van der Waals surface area (Å²) in [6.07, 6.45) is 0. The van der Waals surface area contributed by atoms with Gasteiger partial charge in [0.1, 0.15) is 5.58 Å². The number of halogens is 2. The second-order valence-corrected chi connectivity index (χ2v) is 7.65. The van der Waals surface area contributed by atoms with Crippen molar-refractivity contribution in [2.24, 2.45) is 0 Å². The molecule has 1 fully saturated rings. The fourth-order valence-electron chi connectivity index (χ4n) is 3.41. The fraction of sp³-hybridized carbons (Fsp3) is 0.286. The van der Waals surface area contributed by atoms with Crippen molar-refractivity contribution in [3.63, 3.8) is 0 Å². The zero-order chi connectivity index (χ0) is 19.7. The van der Waals surface area contributed by atoms with Gasteiger partial charge < -0.3 is 19.4 Å². The maximum Gasteiger partial charge on any atom is 0.336 e. The van der Waals surface area contributed by atoms with Crippen molar-refractivity contribution in [1.29, 1.82) is 0 Å². The minimum absolute atomic E-state index is 0.384. The zero-order valence-electron chi connectivity index (χ0n) is 15.4. The number of rotatable bonds is 4. The molecule has 0 unspecified atom stereocenters. The van der Waals surface area contributed by atoms with Gasteiger partial charge in [-0.2, -0.15) is 0 Å². The van der Waals surface area contributed by atoms with E-state index in [9.17, 15) is 4.79 Å². The first-order chi connectivity index (χ1) is 13.5. The molecular formula is C21H20Cl2N2O3. The molecule has 0 saturated carbocycles. The molecule has 1 N–H and O–H groups in total.